The second-order valence-electron chi connectivity index (χ2n) is 9.47. The van der Waals surface area contributed by atoms with E-state index in [-0.39, 0.29) is 40.6 Å². The van der Waals surface area contributed by atoms with E-state index in [9.17, 15) is 22.8 Å². The molecule has 2 aromatic carbocycles. The quantitative estimate of drug-likeness (QED) is 0.295. The second kappa shape index (κ2) is 9.89. The summed E-state index contributed by atoms with van der Waals surface area (Å²) in [6.07, 6.45) is 4.45. The molecule has 16 heteroatoms. The van der Waals surface area contributed by atoms with Crippen LogP contribution in [0.2, 0.25) is 5.02 Å². The van der Waals surface area contributed by atoms with E-state index < -0.39 is 35.4 Å². The van der Waals surface area contributed by atoms with Crippen molar-refractivity contribution in [2.24, 2.45) is 7.05 Å². The highest BCUT2D eigenvalue weighted by Crippen LogP contribution is 2.31. The molecule has 0 saturated heterocycles. The summed E-state index contributed by atoms with van der Waals surface area (Å²) in [5, 5.41) is 19.6. The summed E-state index contributed by atoms with van der Waals surface area (Å²) >= 11 is 6.42. The lowest BCUT2D eigenvalue weighted by Gasteiger charge is -2.25. The highest BCUT2D eigenvalue weighted by molar-refractivity contribution is 6.34. The van der Waals surface area contributed by atoms with Crippen LogP contribution < -0.4 is 16.7 Å². The van der Waals surface area contributed by atoms with Gasteiger partial charge in [-0.3, -0.25) is 9.25 Å². The predicted octanol–water partition coefficient (Wildman–Crippen LogP) is 2.91. The molecule has 0 aliphatic heterocycles. The fourth-order valence-corrected chi connectivity index (χ4v) is 4.72. The number of aromatic nitrogens is 9. The third-order valence-corrected chi connectivity index (χ3v) is 7.12. The number of aryl methyl sites for hydroxylation is 1. The molecule has 3 aromatic heterocycles. The van der Waals surface area contributed by atoms with Crippen LogP contribution >= 0.6 is 11.6 Å². The van der Waals surface area contributed by atoms with Gasteiger partial charge in [0, 0.05) is 30.3 Å². The summed E-state index contributed by atoms with van der Waals surface area (Å²) in [4.78, 5) is 30.8. The van der Waals surface area contributed by atoms with Gasteiger partial charge >= 0.3 is 11.4 Å². The van der Waals surface area contributed by atoms with Gasteiger partial charge in [-0.2, -0.15) is 10.1 Å². The van der Waals surface area contributed by atoms with Crippen LogP contribution in [-0.4, -0.2) is 44.1 Å². The molecule has 1 aliphatic rings. The number of halogens is 4. The number of fused-ring (bicyclic) bond motifs is 1. The van der Waals surface area contributed by atoms with Gasteiger partial charge < -0.3 is 5.32 Å². The van der Waals surface area contributed by atoms with Gasteiger partial charge in [0.1, 0.15) is 5.82 Å². The second-order valence-corrected chi connectivity index (χ2v) is 9.88. The van der Waals surface area contributed by atoms with Gasteiger partial charge in [0.25, 0.3) is 0 Å². The topological polar surface area (TPSA) is 130 Å². The fraction of sp³-hybridized carbons (Fsp3) is 0.292. The lowest BCUT2D eigenvalue weighted by atomic mass is 9.93. The first-order valence-electron chi connectivity index (χ1n) is 12.2. The van der Waals surface area contributed by atoms with Gasteiger partial charge in [-0.05, 0) is 47.9 Å². The van der Waals surface area contributed by atoms with Crippen molar-refractivity contribution in [3.63, 3.8) is 0 Å². The normalized spacial score (nSPS) is 13.6. The summed E-state index contributed by atoms with van der Waals surface area (Å²) in [6, 6.07) is 4.29. The molecule has 40 heavy (non-hydrogen) atoms. The SMILES string of the molecule is Cn1cc2cc(Nc3nc(=O)n(Cc4nnnn4C4CCC4)c(=O)n3Cc3cc(F)c(F)cc3F)c(Cl)cc2n1. The van der Waals surface area contributed by atoms with Crippen molar-refractivity contribution in [3.05, 3.63) is 85.3 Å². The lowest BCUT2D eigenvalue weighted by Crippen LogP contribution is -2.43. The molecule has 0 amide bonds. The number of nitrogens with zero attached hydrogens (tertiary/aromatic N) is 9. The van der Waals surface area contributed by atoms with Gasteiger partial charge in [0.05, 0.1) is 35.4 Å². The molecular weight excluding hydrogens is 553 g/mol. The van der Waals surface area contributed by atoms with Crippen molar-refractivity contribution in [2.75, 3.05) is 5.32 Å². The highest BCUT2D eigenvalue weighted by Gasteiger charge is 2.25. The van der Waals surface area contributed by atoms with Gasteiger partial charge in [0.15, 0.2) is 17.5 Å². The van der Waals surface area contributed by atoms with E-state index in [2.05, 4.69) is 30.9 Å². The summed E-state index contributed by atoms with van der Waals surface area (Å²) in [5.74, 6) is -3.79. The number of rotatable bonds is 7. The number of nitrogens with one attached hydrogen (secondary N) is 1. The number of benzene rings is 2. The zero-order valence-electron chi connectivity index (χ0n) is 20.9. The Morgan fingerprint density at radius 3 is 2.55 bits per heavy atom. The average Bonchev–Trinajstić information content (AvgIpc) is 3.46. The molecule has 5 aromatic rings. The maximum atomic E-state index is 14.6. The number of hydrogen-bond donors (Lipinski definition) is 1. The van der Waals surface area contributed by atoms with Crippen LogP contribution in [0, 0.1) is 17.5 Å². The molecule has 0 unspecified atom stereocenters. The van der Waals surface area contributed by atoms with Crippen LogP contribution in [0.25, 0.3) is 10.9 Å². The Kier molecular flexibility index (Phi) is 6.37. The molecule has 3 heterocycles. The van der Waals surface area contributed by atoms with E-state index in [1.807, 2.05) is 0 Å². The average molecular weight is 573 g/mol. The van der Waals surface area contributed by atoms with Crippen molar-refractivity contribution in [3.8, 4) is 0 Å². The van der Waals surface area contributed by atoms with E-state index in [0.717, 1.165) is 28.4 Å². The maximum Gasteiger partial charge on any atom is 0.355 e. The Balaban J connectivity index is 1.46. The van der Waals surface area contributed by atoms with Crippen LogP contribution in [0.3, 0.4) is 0 Å². The first-order valence-corrected chi connectivity index (χ1v) is 12.6. The molecule has 0 bridgehead atoms. The monoisotopic (exact) mass is 572 g/mol. The third kappa shape index (κ3) is 4.61. The molecular formula is C24H20ClF3N10O2. The Labute approximate surface area is 227 Å². The predicted molar refractivity (Wildman–Crippen MR) is 137 cm³/mol. The number of tetrazole rings is 1. The molecule has 206 valence electrons. The third-order valence-electron chi connectivity index (χ3n) is 6.80. The van der Waals surface area contributed by atoms with Crippen molar-refractivity contribution >= 4 is 34.1 Å². The van der Waals surface area contributed by atoms with E-state index in [0.29, 0.717) is 23.0 Å². The molecule has 0 atom stereocenters. The van der Waals surface area contributed by atoms with Crippen LogP contribution in [0.5, 0.6) is 0 Å². The first-order chi connectivity index (χ1) is 19.2. The van der Waals surface area contributed by atoms with E-state index in [1.54, 1.807) is 34.7 Å². The summed E-state index contributed by atoms with van der Waals surface area (Å²) in [6.45, 7) is -0.894. The van der Waals surface area contributed by atoms with E-state index in [4.69, 9.17) is 11.6 Å². The molecule has 1 saturated carbocycles. The highest BCUT2D eigenvalue weighted by atomic mass is 35.5. The van der Waals surface area contributed by atoms with Crippen molar-refractivity contribution in [1.82, 2.24) is 44.1 Å². The van der Waals surface area contributed by atoms with Crippen LogP contribution in [-0.2, 0) is 20.1 Å². The largest absolute Gasteiger partial charge is 0.355 e. The molecule has 6 rings (SSSR count). The number of anilines is 2. The van der Waals surface area contributed by atoms with Gasteiger partial charge in [-0.15, -0.1) is 5.10 Å². The Morgan fingerprint density at radius 2 is 1.80 bits per heavy atom. The first kappa shape index (κ1) is 25.7. The van der Waals surface area contributed by atoms with Crippen LogP contribution in [0.15, 0.2) is 40.1 Å². The minimum absolute atomic E-state index is 0.0534. The molecule has 12 nitrogen and oxygen atoms in total. The Bertz CT molecular complexity index is 1890. The van der Waals surface area contributed by atoms with E-state index in [1.165, 1.54) is 0 Å². The minimum atomic E-state index is -1.38. The standard InChI is InChI=1S/C24H20ClF3N10O2/c1-35-9-13-6-20(15(25)7-19(13)32-35)29-22-30-23(39)37(11-21-31-33-34-38(21)14-3-2-4-14)24(40)36(22)10-12-5-17(27)18(28)8-16(12)26/h5-9,14H,2-4,10-11H2,1H3,(H,29,30,39). The molecule has 1 N–H and O–H groups in total. The molecule has 1 aliphatic carbocycles. The van der Waals surface area contributed by atoms with Gasteiger partial charge in [-0.1, -0.05) is 11.6 Å². The fourth-order valence-electron chi connectivity index (χ4n) is 4.52. The summed E-state index contributed by atoms with van der Waals surface area (Å²) < 4.78 is 47.1. The summed E-state index contributed by atoms with van der Waals surface area (Å²) in [5.41, 5.74) is -1.31. The van der Waals surface area contributed by atoms with Crippen molar-refractivity contribution < 1.29 is 13.2 Å². The zero-order valence-corrected chi connectivity index (χ0v) is 21.6. The zero-order chi connectivity index (χ0) is 28.1. The molecule has 1 fully saturated rings. The smallest absolute Gasteiger partial charge is 0.324 e. The lowest BCUT2D eigenvalue weighted by molar-refractivity contribution is 0.275. The summed E-state index contributed by atoms with van der Waals surface area (Å²) in [7, 11) is 1.73. The minimum Gasteiger partial charge on any atom is -0.324 e. The maximum absolute atomic E-state index is 14.6. The number of hydrogen-bond acceptors (Lipinski definition) is 8. The Hall–Kier alpha value is -4.53. The Morgan fingerprint density at radius 1 is 1.02 bits per heavy atom. The van der Waals surface area contributed by atoms with Crippen molar-refractivity contribution in [1.29, 1.82) is 0 Å². The van der Waals surface area contributed by atoms with Gasteiger partial charge in [0.2, 0.25) is 5.95 Å². The van der Waals surface area contributed by atoms with Gasteiger partial charge in [-0.25, -0.2) is 32.0 Å². The van der Waals surface area contributed by atoms with E-state index >= 15 is 0 Å². The van der Waals surface area contributed by atoms with Crippen LogP contribution in [0.1, 0.15) is 36.7 Å². The molecule has 0 radical (unpaired) electrons. The molecule has 0 spiro atoms. The van der Waals surface area contributed by atoms with Crippen LogP contribution in [0.4, 0.5) is 24.8 Å². The van der Waals surface area contributed by atoms with Crippen molar-refractivity contribution in [2.45, 2.75) is 38.4 Å².